The highest BCUT2D eigenvalue weighted by atomic mass is 32.1. The summed E-state index contributed by atoms with van der Waals surface area (Å²) in [5.41, 5.74) is 7.55. The fourth-order valence-electron chi connectivity index (χ4n) is 2.76. The fourth-order valence-corrected chi connectivity index (χ4v) is 3.50. The van der Waals surface area contributed by atoms with Crippen LogP contribution in [0.4, 0.5) is 0 Å². The van der Waals surface area contributed by atoms with Gasteiger partial charge in [-0.05, 0) is 25.7 Å². The molecule has 1 fully saturated rings. The van der Waals surface area contributed by atoms with Gasteiger partial charge >= 0.3 is 0 Å². The number of rotatable bonds is 4. The molecular formula is C13H23N3S. The first-order chi connectivity index (χ1) is 8.07. The van der Waals surface area contributed by atoms with E-state index in [2.05, 4.69) is 22.6 Å². The molecule has 0 bridgehead atoms. The van der Waals surface area contributed by atoms with Crippen molar-refractivity contribution in [1.82, 2.24) is 10.3 Å². The first-order valence-corrected chi connectivity index (χ1v) is 7.36. The van der Waals surface area contributed by atoms with Gasteiger partial charge in [-0.1, -0.05) is 19.8 Å². The minimum absolute atomic E-state index is 0.00394. The number of aryl methyl sites for hydroxylation is 1. The average molecular weight is 253 g/mol. The zero-order valence-corrected chi connectivity index (χ0v) is 11.6. The third kappa shape index (κ3) is 3.76. The Hall–Kier alpha value is -0.450. The van der Waals surface area contributed by atoms with Gasteiger partial charge in [-0.3, -0.25) is 0 Å². The second kappa shape index (κ2) is 5.46. The van der Waals surface area contributed by atoms with Gasteiger partial charge in [0.25, 0.3) is 0 Å². The van der Waals surface area contributed by atoms with E-state index in [0.717, 1.165) is 42.6 Å². The van der Waals surface area contributed by atoms with Crippen molar-refractivity contribution < 1.29 is 0 Å². The van der Waals surface area contributed by atoms with E-state index < -0.39 is 0 Å². The van der Waals surface area contributed by atoms with Gasteiger partial charge in [0.05, 0.1) is 0 Å². The van der Waals surface area contributed by atoms with Crippen LogP contribution in [0.25, 0.3) is 0 Å². The Balaban J connectivity index is 1.77. The summed E-state index contributed by atoms with van der Waals surface area (Å²) in [7, 11) is 0. The lowest BCUT2D eigenvalue weighted by atomic mass is 9.77. The molecule has 2 unspecified atom stereocenters. The highest BCUT2D eigenvalue weighted by Crippen LogP contribution is 2.29. The maximum absolute atomic E-state index is 6.44. The predicted molar refractivity (Wildman–Crippen MR) is 73.1 cm³/mol. The quantitative estimate of drug-likeness (QED) is 0.866. The fraction of sp³-hybridized carbons (Fsp3) is 0.769. The molecule has 1 heterocycles. The van der Waals surface area contributed by atoms with Gasteiger partial charge in [-0.15, -0.1) is 11.3 Å². The Morgan fingerprint density at radius 2 is 2.47 bits per heavy atom. The van der Waals surface area contributed by atoms with Crippen molar-refractivity contribution in [1.29, 1.82) is 0 Å². The molecule has 0 radical (unpaired) electrons. The third-order valence-electron chi connectivity index (χ3n) is 3.55. The molecule has 1 aromatic heterocycles. The molecule has 96 valence electrons. The number of hydrogen-bond acceptors (Lipinski definition) is 4. The molecule has 1 aromatic rings. The average Bonchev–Trinajstić information content (AvgIpc) is 2.63. The summed E-state index contributed by atoms with van der Waals surface area (Å²) in [5, 5.41) is 6.73. The summed E-state index contributed by atoms with van der Waals surface area (Å²) in [6, 6.07) is 0. The topological polar surface area (TPSA) is 50.9 Å². The Kier molecular flexibility index (Phi) is 4.17. The largest absolute Gasteiger partial charge is 0.324 e. The molecule has 0 saturated heterocycles. The standard InChI is InChI=1S/C13H23N3S/c1-10-4-3-5-13(14,6-10)9-15-7-12-16-11(2)8-17-12/h8,10,15H,3-7,9,14H2,1-2H3. The van der Waals surface area contributed by atoms with Gasteiger partial charge in [0.2, 0.25) is 0 Å². The molecule has 0 aliphatic heterocycles. The predicted octanol–water partition coefficient (Wildman–Crippen LogP) is 2.45. The van der Waals surface area contributed by atoms with Crippen LogP contribution in [0.3, 0.4) is 0 Å². The van der Waals surface area contributed by atoms with E-state index >= 15 is 0 Å². The summed E-state index contributed by atoms with van der Waals surface area (Å²) < 4.78 is 0. The molecule has 0 amide bonds. The van der Waals surface area contributed by atoms with Crippen LogP contribution in [0.5, 0.6) is 0 Å². The molecule has 1 saturated carbocycles. The second-order valence-electron chi connectivity index (χ2n) is 5.55. The lowest BCUT2D eigenvalue weighted by molar-refractivity contribution is 0.229. The van der Waals surface area contributed by atoms with Crippen LogP contribution in [-0.4, -0.2) is 17.1 Å². The molecule has 17 heavy (non-hydrogen) atoms. The zero-order valence-electron chi connectivity index (χ0n) is 10.8. The van der Waals surface area contributed by atoms with Crippen molar-refractivity contribution in [2.75, 3.05) is 6.54 Å². The molecule has 1 aliphatic carbocycles. The number of hydrogen-bond donors (Lipinski definition) is 2. The number of nitrogens with two attached hydrogens (primary N) is 1. The SMILES string of the molecule is Cc1csc(CNCC2(N)CCCC(C)C2)n1. The maximum atomic E-state index is 6.44. The first-order valence-electron chi connectivity index (χ1n) is 6.48. The second-order valence-corrected chi connectivity index (χ2v) is 6.49. The van der Waals surface area contributed by atoms with E-state index in [1.165, 1.54) is 12.8 Å². The zero-order chi connectivity index (χ0) is 12.3. The van der Waals surface area contributed by atoms with Crippen molar-refractivity contribution in [3.63, 3.8) is 0 Å². The van der Waals surface area contributed by atoms with Crippen molar-refractivity contribution in [2.45, 2.75) is 51.6 Å². The van der Waals surface area contributed by atoms with E-state index in [4.69, 9.17) is 5.73 Å². The molecule has 0 spiro atoms. The van der Waals surface area contributed by atoms with Crippen LogP contribution >= 0.6 is 11.3 Å². The van der Waals surface area contributed by atoms with Gasteiger partial charge in [0.1, 0.15) is 5.01 Å². The lowest BCUT2D eigenvalue weighted by Crippen LogP contribution is -2.51. The third-order valence-corrected chi connectivity index (χ3v) is 4.51. The minimum Gasteiger partial charge on any atom is -0.324 e. The van der Waals surface area contributed by atoms with Gasteiger partial charge < -0.3 is 11.1 Å². The molecule has 2 atom stereocenters. The van der Waals surface area contributed by atoms with Crippen LogP contribution in [-0.2, 0) is 6.54 Å². The molecule has 3 nitrogen and oxygen atoms in total. The highest BCUT2D eigenvalue weighted by molar-refractivity contribution is 7.09. The summed E-state index contributed by atoms with van der Waals surface area (Å²) in [5.74, 6) is 0.776. The monoisotopic (exact) mass is 253 g/mol. The number of aromatic nitrogens is 1. The van der Waals surface area contributed by atoms with Crippen molar-refractivity contribution in [3.05, 3.63) is 16.1 Å². The van der Waals surface area contributed by atoms with E-state index in [9.17, 15) is 0 Å². The molecule has 2 rings (SSSR count). The molecule has 0 aromatic carbocycles. The van der Waals surface area contributed by atoms with Gasteiger partial charge in [0, 0.05) is 29.7 Å². The summed E-state index contributed by atoms with van der Waals surface area (Å²) >= 11 is 1.72. The highest BCUT2D eigenvalue weighted by Gasteiger charge is 2.30. The number of nitrogens with zero attached hydrogens (tertiary/aromatic N) is 1. The Bertz CT molecular complexity index is 363. The van der Waals surface area contributed by atoms with E-state index in [0.29, 0.717) is 0 Å². The van der Waals surface area contributed by atoms with Gasteiger partial charge in [-0.2, -0.15) is 0 Å². The smallest absolute Gasteiger partial charge is 0.107 e. The van der Waals surface area contributed by atoms with Crippen LogP contribution in [0.2, 0.25) is 0 Å². The van der Waals surface area contributed by atoms with Gasteiger partial charge in [0.15, 0.2) is 0 Å². The lowest BCUT2D eigenvalue weighted by Gasteiger charge is -2.37. The summed E-state index contributed by atoms with van der Waals surface area (Å²) in [6.07, 6.45) is 4.92. The minimum atomic E-state index is 0.00394. The van der Waals surface area contributed by atoms with Crippen LogP contribution < -0.4 is 11.1 Å². The Morgan fingerprint density at radius 3 is 3.12 bits per heavy atom. The number of nitrogens with one attached hydrogen (secondary N) is 1. The van der Waals surface area contributed by atoms with Gasteiger partial charge in [-0.25, -0.2) is 4.98 Å². The first kappa shape index (κ1) is 13.0. The Morgan fingerprint density at radius 1 is 1.65 bits per heavy atom. The Labute approximate surface area is 108 Å². The number of thiazole rings is 1. The van der Waals surface area contributed by atoms with Crippen LogP contribution in [0.15, 0.2) is 5.38 Å². The van der Waals surface area contributed by atoms with Crippen molar-refractivity contribution in [2.24, 2.45) is 11.7 Å². The van der Waals surface area contributed by atoms with E-state index in [1.807, 2.05) is 6.92 Å². The molecule has 4 heteroatoms. The molecule has 3 N–H and O–H groups in total. The maximum Gasteiger partial charge on any atom is 0.107 e. The van der Waals surface area contributed by atoms with Crippen molar-refractivity contribution in [3.8, 4) is 0 Å². The normalized spacial score (nSPS) is 29.5. The molecule has 1 aliphatic rings. The molecular weight excluding hydrogens is 230 g/mol. The van der Waals surface area contributed by atoms with E-state index in [1.54, 1.807) is 11.3 Å². The van der Waals surface area contributed by atoms with Crippen LogP contribution in [0.1, 0.15) is 43.3 Å². The summed E-state index contributed by atoms with van der Waals surface area (Å²) in [6.45, 7) is 6.11. The summed E-state index contributed by atoms with van der Waals surface area (Å²) in [4.78, 5) is 4.45. The van der Waals surface area contributed by atoms with Crippen LogP contribution in [0, 0.1) is 12.8 Å². The van der Waals surface area contributed by atoms with Crippen molar-refractivity contribution >= 4 is 11.3 Å². The van der Waals surface area contributed by atoms with E-state index in [-0.39, 0.29) is 5.54 Å².